The Kier molecular flexibility index (Phi) is 4.53. The Balaban J connectivity index is 1.86. The third kappa shape index (κ3) is 3.14. The number of carbonyl (C=O) groups is 1. The molecule has 3 heterocycles. The first-order valence-electron chi connectivity index (χ1n) is 8.69. The van der Waals surface area contributed by atoms with E-state index in [0.29, 0.717) is 29.8 Å². The predicted octanol–water partition coefficient (Wildman–Crippen LogP) is 3.50. The van der Waals surface area contributed by atoms with Crippen LogP contribution in [0.25, 0.3) is 5.82 Å². The number of amides is 1. The Hall–Kier alpha value is -2.93. The molecule has 0 radical (unpaired) electrons. The molecular formula is C19H18ClN5O2. The van der Waals surface area contributed by atoms with Gasteiger partial charge in [-0.2, -0.15) is 9.78 Å². The average molecular weight is 384 g/mol. The highest BCUT2D eigenvalue weighted by atomic mass is 35.5. The van der Waals surface area contributed by atoms with Gasteiger partial charge in [-0.05, 0) is 32.0 Å². The monoisotopic (exact) mass is 383 g/mol. The number of rotatable bonds is 4. The summed E-state index contributed by atoms with van der Waals surface area (Å²) in [7, 11) is 0. The highest BCUT2D eigenvalue weighted by Gasteiger charge is 2.34. The van der Waals surface area contributed by atoms with Crippen molar-refractivity contribution in [2.24, 2.45) is 0 Å². The fourth-order valence-electron chi connectivity index (χ4n) is 3.46. The molecule has 1 aromatic carbocycles. The van der Waals surface area contributed by atoms with Crippen LogP contribution in [0.1, 0.15) is 36.1 Å². The summed E-state index contributed by atoms with van der Waals surface area (Å²) in [5.74, 6) is 1.65. The first kappa shape index (κ1) is 17.5. The minimum Gasteiger partial charge on any atom is -0.494 e. The minimum absolute atomic E-state index is 0.0816. The second-order valence-electron chi connectivity index (χ2n) is 6.25. The van der Waals surface area contributed by atoms with E-state index < -0.39 is 0 Å². The van der Waals surface area contributed by atoms with E-state index >= 15 is 0 Å². The number of fused-ring (bicyclic) bond motifs is 1. The molecule has 8 heteroatoms. The Morgan fingerprint density at radius 2 is 2.07 bits per heavy atom. The lowest BCUT2D eigenvalue weighted by atomic mass is 9.85. The van der Waals surface area contributed by atoms with E-state index in [1.807, 2.05) is 38.1 Å². The molecule has 138 valence electrons. The number of carbonyl (C=O) groups excluding carboxylic acids is 1. The van der Waals surface area contributed by atoms with Crippen LogP contribution >= 0.6 is 11.6 Å². The van der Waals surface area contributed by atoms with Crippen LogP contribution in [0, 0.1) is 6.92 Å². The van der Waals surface area contributed by atoms with Crippen molar-refractivity contribution in [2.75, 3.05) is 11.9 Å². The normalized spacial score (nSPS) is 16.0. The maximum atomic E-state index is 12.5. The van der Waals surface area contributed by atoms with Gasteiger partial charge >= 0.3 is 0 Å². The third-order valence-electron chi connectivity index (χ3n) is 4.53. The number of aryl methyl sites for hydroxylation is 1. The number of ether oxygens (including phenoxy) is 1. The lowest BCUT2D eigenvalue weighted by Gasteiger charge is -2.25. The van der Waals surface area contributed by atoms with Gasteiger partial charge in [-0.15, -0.1) is 10.2 Å². The molecule has 0 bridgehead atoms. The van der Waals surface area contributed by atoms with E-state index in [4.69, 9.17) is 16.3 Å². The van der Waals surface area contributed by atoms with Crippen LogP contribution in [0.2, 0.25) is 5.15 Å². The molecular weight excluding hydrogens is 366 g/mol. The standard InChI is InChI=1S/C19H18ClN5O2/c1-3-27-14-7-5-4-6-12(14)13-10-17(26)21-19-18(13)11(2)24-25(19)16-9-8-15(20)22-23-16/h4-9,13H,3,10H2,1-2H3,(H,21,26)/t13-/m0/s1. The van der Waals surface area contributed by atoms with Gasteiger partial charge in [0.25, 0.3) is 0 Å². The summed E-state index contributed by atoms with van der Waals surface area (Å²) in [5.41, 5.74) is 2.75. The largest absolute Gasteiger partial charge is 0.494 e. The van der Waals surface area contributed by atoms with Crippen molar-refractivity contribution in [2.45, 2.75) is 26.2 Å². The molecule has 3 aromatic rings. The molecule has 0 unspecified atom stereocenters. The highest BCUT2D eigenvalue weighted by Crippen LogP contribution is 2.42. The van der Waals surface area contributed by atoms with Gasteiger partial charge in [0, 0.05) is 23.5 Å². The summed E-state index contributed by atoms with van der Waals surface area (Å²) < 4.78 is 7.39. The van der Waals surface area contributed by atoms with E-state index in [1.54, 1.807) is 16.8 Å². The molecule has 1 N–H and O–H groups in total. The van der Waals surface area contributed by atoms with Crippen molar-refractivity contribution in [3.8, 4) is 11.6 Å². The molecule has 27 heavy (non-hydrogen) atoms. The molecule has 0 fully saturated rings. The van der Waals surface area contributed by atoms with E-state index in [1.165, 1.54) is 0 Å². The fourth-order valence-corrected chi connectivity index (χ4v) is 3.56. The van der Waals surface area contributed by atoms with Crippen molar-refractivity contribution in [3.63, 3.8) is 0 Å². The fraction of sp³-hybridized carbons (Fsp3) is 0.263. The highest BCUT2D eigenvalue weighted by molar-refractivity contribution is 6.29. The first-order chi connectivity index (χ1) is 13.1. The van der Waals surface area contributed by atoms with E-state index in [0.717, 1.165) is 22.6 Å². The average Bonchev–Trinajstić information content (AvgIpc) is 2.99. The van der Waals surface area contributed by atoms with Crippen molar-refractivity contribution in [1.29, 1.82) is 0 Å². The molecule has 0 saturated heterocycles. The second kappa shape index (κ2) is 7.00. The minimum atomic E-state index is -0.148. The first-order valence-corrected chi connectivity index (χ1v) is 9.07. The molecule has 0 spiro atoms. The number of hydrogen-bond donors (Lipinski definition) is 1. The van der Waals surface area contributed by atoms with Gasteiger partial charge in [-0.1, -0.05) is 29.8 Å². The zero-order valence-corrected chi connectivity index (χ0v) is 15.7. The number of para-hydroxylation sites is 1. The van der Waals surface area contributed by atoms with Gasteiger partial charge in [0.15, 0.2) is 11.0 Å². The number of benzene rings is 1. The maximum Gasteiger partial charge on any atom is 0.226 e. The second-order valence-corrected chi connectivity index (χ2v) is 6.64. The third-order valence-corrected chi connectivity index (χ3v) is 4.73. The molecule has 2 aromatic heterocycles. The van der Waals surface area contributed by atoms with Crippen LogP contribution in [-0.2, 0) is 4.79 Å². The van der Waals surface area contributed by atoms with Crippen LogP contribution in [0.4, 0.5) is 5.82 Å². The van der Waals surface area contributed by atoms with Gasteiger partial charge < -0.3 is 10.1 Å². The van der Waals surface area contributed by atoms with Gasteiger partial charge in [0.05, 0.1) is 12.3 Å². The van der Waals surface area contributed by atoms with Crippen LogP contribution in [0.15, 0.2) is 36.4 Å². The number of hydrogen-bond acceptors (Lipinski definition) is 5. The molecule has 0 saturated carbocycles. The van der Waals surface area contributed by atoms with Crippen LogP contribution in [0.3, 0.4) is 0 Å². The topological polar surface area (TPSA) is 81.9 Å². The number of nitrogens with one attached hydrogen (secondary N) is 1. The van der Waals surface area contributed by atoms with Crippen molar-refractivity contribution < 1.29 is 9.53 Å². The zero-order valence-electron chi connectivity index (χ0n) is 14.9. The summed E-state index contributed by atoms with van der Waals surface area (Å²) in [6, 6.07) is 11.2. The predicted molar refractivity (Wildman–Crippen MR) is 102 cm³/mol. The van der Waals surface area contributed by atoms with Gasteiger partial charge in [-0.3, -0.25) is 4.79 Å². The van der Waals surface area contributed by atoms with Gasteiger partial charge in [-0.25, -0.2) is 0 Å². The molecule has 1 amide bonds. The van der Waals surface area contributed by atoms with Crippen molar-refractivity contribution >= 4 is 23.3 Å². The smallest absolute Gasteiger partial charge is 0.226 e. The van der Waals surface area contributed by atoms with E-state index in [2.05, 4.69) is 20.6 Å². The number of halogens is 1. The Bertz CT molecular complexity index is 1000. The lowest BCUT2D eigenvalue weighted by molar-refractivity contribution is -0.116. The van der Waals surface area contributed by atoms with Crippen molar-refractivity contribution in [3.05, 3.63) is 58.4 Å². The van der Waals surface area contributed by atoms with Crippen LogP contribution in [0.5, 0.6) is 5.75 Å². The summed E-state index contributed by atoms with van der Waals surface area (Å²) in [6.45, 7) is 4.42. The van der Waals surface area contributed by atoms with E-state index in [-0.39, 0.29) is 11.8 Å². The van der Waals surface area contributed by atoms with E-state index in [9.17, 15) is 4.79 Å². The Labute approximate surface area is 161 Å². The van der Waals surface area contributed by atoms with Gasteiger partial charge in [0.2, 0.25) is 5.91 Å². The summed E-state index contributed by atoms with van der Waals surface area (Å²) in [6.07, 6.45) is 0.329. The van der Waals surface area contributed by atoms with Crippen LogP contribution < -0.4 is 10.1 Å². The van der Waals surface area contributed by atoms with Crippen LogP contribution in [-0.4, -0.2) is 32.5 Å². The Morgan fingerprint density at radius 1 is 1.26 bits per heavy atom. The summed E-state index contributed by atoms with van der Waals surface area (Å²) in [4.78, 5) is 12.5. The van der Waals surface area contributed by atoms with Crippen molar-refractivity contribution in [1.82, 2.24) is 20.0 Å². The summed E-state index contributed by atoms with van der Waals surface area (Å²) in [5, 5.41) is 15.8. The lowest BCUT2D eigenvalue weighted by Crippen LogP contribution is -2.25. The number of nitrogens with zero attached hydrogens (tertiary/aromatic N) is 4. The molecule has 4 rings (SSSR count). The molecule has 1 atom stereocenters. The molecule has 1 aliphatic rings. The Morgan fingerprint density at radius 3 is 2.81 bits per heavy atom. The zero-order chi connectivity index (χ0) is 19.0. The molecule has 7 nitrogen and oxygen atoms in total. The number of aromatic nitrogens is 4. The van der Waals surface area contributed by atoms with Gasteiger partial charge in [0.1, 0.15) is 11.6 Å². The quantitative estimate of drug-likeness (QED) is 0.745. The molecule has 1 aliphatic heterocycles. The molecule has 0 aliphatic carbocycles. The maximum absolute atomic E-state index is 12.5. The SMILES string of the molecule is CCOc1ccccc1[C@@H]1CC(=O)Nc2c1c(C)nn2-c1ccc(Cl)nn1. The number of anilines is 1. The summed E-state index contributed by atoms with van der Waals surface area (Å²) >= 11 is 5.83.